The van der Waals surface area contributed by atoms with Crippen LogP contribution in [0.15, 0.2) is 18.2 Å². The SMILES string of the molecule is O=C1C=CC(=O)c2nc(Cl)c(Cl)cc21. The fraction of sp³-hybridized carbons (Fsp3) is 0. The molecule has 0 saturated heterocycles. The van der Waals surface area contributed by atoms with Crippen molar-refractivity contribution in [2.75, 3.05) is 0 Å². The van der Waals surface area contributed by atoms with Crippen molar-refractivity contribution in [3.05, 3.63) is 39.7 Å². The summed E-state index contributed by atoms with van der Waals surface area (Å²) in [6.07, 6.45) is 2.36. The molecule has 0 aromatic carbocycles. The van der Waals surface area contributed by atoms with Crippen molar-refractivity contribution in [1.82, 2.24) is 4.98 Å². The van der Waals surface area contributed by atoms with Gasteiger partial charge in [-0.2, -0.15) is 0 Å². The molecule has 0 bridgehead atoms. The maximum Gasteiger partial charge on any atom is 0.205 e. The average Bonchev–Trinajstić information content (AvgIpc) is 2.15. The normalized spacial score (nSPS) is 14.4. The van der Waals surface area contributed by atoms with Gasteiger partial charge in [-0.1, -0.05) is 23.2 Å². The molecule has 1 aliphatic rings. The highest BCUT2D eigenvalue weighted by Gasteiger charge is 2.22. The maximum atomic E-state index is 11.3. The highest BCUT2D eigenvalue weighted by molar-refractivity contribution is 6.42. The third-order valence-electron chi connectivity index (χ3n) is 1.82. The fourth-order valence-corrected chi connectivity index (χ4v) is 1.45. The predicted octanol–water partition coefficient (Wildman–Crippen LogP) is 2.32. The summed E-state index contributed by atoms with van der Waals surface area (Å²) < 4.78 is 0. The van der Waals surface area contributed by atoms with E-state index in [0.717, 1.165) is 0 Å². The lowest BCUT2D eigenvalue weighted by atomic mass is 10.0. The first kappa shape index (κ1) is 9.37. The summed E-state index contributed by atoms with van der Waals surface area (Å²) in [7, 11) is 0. The van der Waals surface area contributed by atoms with Crippen LogP contribution in [0.5, 0.6) is 0 Å². The Bertz CT molecular complexity index is 437. The molecule has 14 heavy (non-hydrogen) atoms. The van der Waals surface area contributed by atoms with Gasteiger partial charge in [0.05, 0.1) is 10.6 Å². The van der Waals surface area contributed by atoms with E-state index in [9.17, 15) is 9.59 Å². The van der Waals surface area contributed by atoms with Gasteiger partial charge in [0, 0.05) is 0 Å². The van der Waals surface area contributed by atoms with Crippen LogP contribution < -0.4 is 0 Å². The first-order valence-corrected chi connectivity index (χ1v) is 4.48. The molecule has 2 rings (SSSR count). The molecule has 1 aliphatic carbocycles. The van der Waals surface area contributed by atoms with Crippen LogP contribution in [0.4, 0.5) is 0 Å². The number of ketones is 2. The molecule has 1 heterocycles. The van der Waals surface area contributed by atoms with Gasteiger partial charge in [-0.25, -0.2) is 4.98 Å². The van der Waals surface area contributed by atoms with Crippen LogP contribution in [0.1, 0.15) is 20.8 Å². The Balaban J connectivity index is 2.73. The molecule has 3 nitrogen and oxygen atoms in total. The van der Waals surface area contributed by atoms with Gasteiger partial charge in [-0.15, -0.1) is 0 Å². The van der Waals surface area contributed by atoms with E-state index in [4.69, 9.17) is 23.2 Å². The Hall–Kier alpha value is -1.19. The predicted molar refractivity (Wildman–Crippen MR) is 52.1 cm³/mol. The van der Waals surface area contributed by atoms with Gasteiger partial charge in [0.2, 0.25) is 5.78 Å². The summed E-state index contributed by atoms with van der Waals surface area (Å²) >= 11 is 11.3. The van der Waals surface area contributed by atoms with Crippen LogP contribution in [-0.4, -0.2) is 16.6 Å². The van der Waals surface area contributed by atoms with Gasteiger partial charge < -0.3 is 0 Å². The van der Waals surface area contributed by atoms with E-state index in [0.29, 0.717) is 0 Å². The van der Waals surface area contributed by atoms with Crippen molar-refractivity contribution in [2.24, 2.45) is 0 Å². The number of rotatable bonds is 0. The van der Waals surface area contributed by atoms with Crippen molar-refractivity contribution in [1.29, 1.82) is 0 Å². The van der Waals surface area contributed by atoms with Crippen LogP contribution >= 0.6 is 23.2 Å². The number of fused-ring (bicyclic) bond motifs is 1. The Morgan fingerprint density at radius 1 is 1.07 bits per heavy atom. The van der Waals surface area contributed by atoms with Gasteiger partial charge in [-0.3, -0.25) is 9.59 Å². The topological polar surface area (TPSA) is 47.0 Å². The molecule has 0 saturated carbocycles. The number of pyridine rings is 1. The fourth-order valence-electron chi connectivity index (χ4n) is 1.16. The highest BCUT2D eigenvalue weighted by atomic mass is 35.5. The molecule has 1 aromatic heterocycles. The Morgan fingerprint density at radius 2 is 1.71 bits per heavy atom. The van der Waals surface area contributed by atoms with Crippen LogP contribution in [0, 0.1) is 0 Å². The molecule has 70 valence electrons. The summed E-state index contributed by atoms with van der Waals surface area (Å²) in [5.41, 5.74) is 0.263. The summed E-state index contributed by atoms with van der Waals surface area (Å²) in [6.45, 7) is 0. The second-order valence-corrected chi connectivity index (χ2v) is 3.48. The maximum absolute atomic E-state index is 11.3. The zero-order valence-corrected chi connectivity index (χ0v) is 8.26. The average molecular weight is 228 g/mol. The molecule has 0 fully saturated rings. The second-order valence-electron chi connectivity index (χ2n) is 2.72. The molecule has 1 aromatic rings. The van der Waals surface area contributed by atoms with E-state index >= 15 is 0 Å². The van der Waals surface area contributed by atoms with Gasteiger partial charge >= 0.3 is 0 Å². The van der Waals surface area contributed by atoms with Gasteiger partial charge in [0.25, 0.3) is 0 Å². The standard InChI is InChI=1S/C9H3Cl2NO2/c10-5-3-4-6(13)1-2-7(14)8(4)12-9(5)11/h1-3H. The first-order chi connectivity index (χ1) is 6.59. The molecule has 5 heteroatoms. The van der Waals surface area contributed by atoms with Gasteiger partial charge in [0.15, 0.2) is 5.78 Å². The van der Waals surface area contributed by atoms with E-state index in [1.165, 1.54) is 18.2 Å². The van der Waals surface area contributed by atoms with Crippen molar-refractivity contribution >= 4 is 34.8 Å². The Morgan fingerprint density at radius 3 is 2.43 bits per heavy atom. The minimum Gasteiger partial charge on any atom is -0.289 e. The molecule has 0 radical (unpaired) electrons. The minimum absolute atomic E-state index is 0.0295. The molecule has 0 unspecified atom stereocenters. The largest absolute Gasteiger partial charge is 0.289 e. The van der Waals surface area contributed by atoms with E-state index < -0.39 is 0 Å². The second kappa shape index (κ2) is 3.19. The number of allylic oxidation sites excluding steroid dienone is 2. The Labute approximate surface area is 89.3 Å². The molecular formula is C9H3Cl2NO2. The summed E-state index contributed by atoms with van der Waals surface area (Å²) in [5.74, 6) is -0.621. The van der Waals surface area contributed by atoms with Crippen LogP contribution in [0.2, 0.25) is 10.2 Å². The molecule has 0 atom stereocenters. The van der Waals surface area contributed by atoms with Gasteiger partial charge in [-0.05, 0) is 18.2 Å². The summed E-state index contributed by atoms with van der Waals surface area (Å²) in [6, 6.07) is 1.36. The zero-order valence-electron chi connectivity index (χ0n) is 6.75. The first-order valence-electron chi connectivity index (χ1n) is 3.72. The van der Waals surface area contributed by atoms with Crippen molar-refractivity contribution in [3.8, 4) is 0 Å². The zero-order chi connectivity index (χ0) is 10.3. The molecule has 0 spiro atoms. The highest BCUT2D eigenvalue weighted by Crippen LogP contribution is 2.25. The number of aromatic nitrogens is 1. The quantitative estimate of drug-likeness (QED) is 0.640. The molecular weight excluding hydrogens is 225 g/mol. The molecule has 0 aliphatic heterocycles. The number of hydrogen-bond donors (Lipinski definition) is 0. The van der Waals surface area contributed by atoms with E-state index in [1.54, 1.807) is 0 Å². The third-order valence-corrected chi connectivity index (χ3v) is 2.49. The Kier molecular flexibility index (Phi) is 2.13. The number of hydrogen-bond acceptors (Lipinski definition) is 3. The number of carbonyl (C=O) groups excluding carboxylic acids is 2. The lowest BCUT2D eigenvalue weighted by molar-refractivity contribution is 0.0990. The van der Waals surface area contributed by atoms with E-state index in [-0.39, 0.29) is 33.0 Å². The number of carbonyl (C=O) groups is 2. The lowest BCUT2D eigenvalue weighted by Gasteiger charge is -2.08. The summed E-state index contributed by atoms with van der Waals surface area (Å²) in [4.78, 5) is 26.4. The van der Waals surface area contributed by atoms with Crippen molar-refractivity contribution in [3.63, 3.8) is 0 Å². The monoisotopic (exact) mass is 227 g/mol. The van der Waals surface area contributed by atoms with E-state index in [1.807, 2.05) is 0 Å². The minimum atomic E-state index is -0.335. The third kappa shape index (κ3) is 1.35. The number of halogens is 2. The molecule has 0 N–H and O–H groups in total. The van der Waals surface area contributed by atoms with Gasteiger partial charge in [0.1, 0.15) is 10.8 Å². The lowest BCUT2D eigenvalue weighted by Crippen LogP contribution is -2.13. The number of nitrogens with zero attached hydrogens (tertiary/aromatic N) is 1. The summed E-state index contributed by atoms with van der Waals surface area (Å²) in [5, 5.41) is 0.198. The smallest absolute Gasteiger partial charge is 0.205 e. The van der Waals surface area contributed by atoms with E-state index in [2.05, 4.69) is 4.98 Å². The molecule has 0 amide bonds. The van der Waals surface area contributed by atoms with Crippen LogP contribution in [0.3, 0.4) is 0 Å². The van der Waals surface area contributed by atoms with Crippen molar-refractivity contribution in [2.45, 2.75) is 0 Å². The van der Waals surface area contributed by atoms with Crippen molar-refractivity contribution < 1.29 is 9.59 Å². The van der Waals surface area contributed by atoms with Crippen LogP contribution in [-0.2, 0) is 0 Å². The van der Waals surface area contributed by atoms with Crippen LogP contribution in [0.25, 0.3) is 0 Å².